The summed E-state index contributed by atoms with van der Waals surface area (Å²) in [6.07, 6.45) is 0. The average Bonchev–Trinajstić information content (AvgIpc) is 2.42. The molecule has 0 fully saturated rings. The van der Waals surface area contributed by atoms with E-state index in [4.69, 9.17) is 22.1 Å². The Bertz CT molecular complexity index is 664. The molecule has 0 saturated heterocycles. The molecule has 104 valence electrons. The van der Waals surface area contributed by atoms with E-state index in [1.807, 2.05) is 0 Å². The van der Waals surface area contributed by atoms with Crippen LogP contribution in [0.1, 0.15) is 5.56 Å². The van der Waals surface area contributed by atoms with Gasteiger partial charge in [-0.2, -0.15) is 0 Å². The fourth-order valence-electron chi connectivity index (χ4n) is 1.56. The van der Waals surface area contributed by atoms with Crippen LogP contribution in [0.25, 0.3) is 0 Å². The van der Waals surface area contributed by atoms with Gasteiger partial charge in [0.15, 0.2) is 11.6 Å². The summed E-state index contributed by atoms with van der Waals surface area (Å²) in [6, 6.07) is 7.99. The minimum Gasteiger partial charge on any atom is -0.453 e. The highest BCUT2D eigenvalue weighted by Gasteiger charge is 2.12. The standard InChI is InChI=1S/C13H10ClFN2O3/c14-10-6-9(17(18)19)2-4-12(10)20-13-3-1-8(7-16)5-11(13)15/h1-6H,7,16H2. The van der Waals surface area contributed by atoms with Crippen LogP contribution in [-0.4, -0.2) is 4.92 Å². The van der Waals surface area contributed by atoms with Gasteiger partial charge in [-0.25, -0.2) is 4.39 Å². The second-order valence-corrected chi connectivity index (χ2v) is 4.35. The van der Waals surface area contributed by atoms with Crippen molar-refractivity contribution < 1.29 is 14.1 Å². The summed E-state index contributed by atoms with van der Waals surface area (Å²) in [7, 11) is 0. The molecular formula is C13H10ClFN2O3. The maximum absolute atomic E-state index is 13.7. The summed E-state index contributed by atoms with van der Waals surface area (Å²) >= 11 is 5.86. The molecule has 7 heteroatoms. The third-order valence-electron chi connectivity index (χ3n) is 2.58. The van der Waals surface area contributed by atoms with Crippen molar-refractivity contribution in [3.63, 3.8) is 0 Å². The third-order valence-corrected chi connectivity index (χ3v) is 2.87. The minimum absolute atomic E-state index is 0.0292. The molecule has 0 aliphatic rings. The smallest absolute Gasteiger partial charge is 0.271 e. The van der Waals surface area contributed by atoms with Gasteiger partial charge in [0, 0.05) is 18.7 Å². The van der Waals surface area contributed by atoms with Gasteiger partial charge < -0.3 is 10.5 Å². The number of non-ortho nitro benzene ring substituents is 1. The highest BCUT2D eigenvalue weighted by atomic mass is 35.5. The number of rotatable bonds is 4. The summed E-state index contributed by atoms with van der Waals surface area (Å²) in [5.74, 6) is -0.475. The van der Waals surface area contributed by atoms with Crippen LogP contribution in [0.15, 0.2) is 36.4 Å². The van der Waals surface area contributed by atoms with Crippen molar-refractivity contribution >= 4 is 17.3 Å². The van der Waals surface area contributed by atoms with E-state index in [-0.39, 0.29) is 28.8 Å². The number of hydrogen-bond donors (Lipinski definition) is 1. The lowest BCUT2D eigenvalue weighted by atomic mass is 10.2. The lowest BCUT2D eigenvalue weighted by Gasteiger charge is -2.09. The summed E-state index contributed by atoms with van der Waals surface area (Å²) in [4.78, 5) is 10.0. The molecule has 0 atom stereocenters. The highest BCUT2D eigenvalue weighted by Crippen LogP contribution is 2.33. The Morgan fingerprint density at radius 3 is 2.50 bits per heavy atom. The quantitative estimate of drug-likeness (QED) is 0.690. The van der Waals surface area contributed by atoms with E-state index >= 15 is 0 Å². The molecule has 0 spiro atoms. The predicted molar refractivity (Wildman–Crippen MR) is 72.5 cm³/mol. The molecule has 0 aliphatic carbocycles. The van der Waals surface area contributed by atoms with Gasteiger partial charge >= 0.3 is 0 Å². The molecule has 2 aromatic carbocycles. The molecule has 0 unspecified atom stereocenters. The first-order valence-electron chi connectivity index (χ1n) is 5.61. The van der Waals surface area contributed by atoms with Crippen LogP contribution in [-0.2, 0) is 6.54 Å². The van der Waals surface area contributed by atoms with Crippen molar-refractivity contribution in [3.8, 4) is 11.5 Å². The van der Waals surface area contributed by atoms with Crippen LogP contribution < -0.4 is 10.5 Å². The van der Waals surface area contributed by atoms with Crippen LogP contribution in [0.3, 0.4) is 0 Å². The zero-order valence-corrected chi connectivity index (χ0v) is 10.9. The molecular weight excluding hydrogens is 287 g/mol. The molecule has 0 aliphatic heterocycles. The Kier molecular flexibility index (Phi) is 4.16. The lowest BCUT2D eigenvalue weighted by Crippen LogP contribution is -1.98. The summed E-state index contributed by atoms with van der Waals surface area (Å²) in [6.45, 7) is 0.218. The Hall–Kier alpha value is -2.18. The van der Waals surface area contributed by atoms with Crippen LogP contribution in [0.5, 0.6) is 11.5 Å². The van der Waals surface area contributed by atoms with E-state index in [0.29, 0.717) is 5.56 Å². The van der Waals surface area contributed by atoms with Crippen molar-refractivity contribution in [1.82, 2.24) is 0 Å². The van der Waals surface area contributed by atoms with Gasteiger partial charge in [-0.3, -0.25) is 10.1 Å². The average molecular weight is 297 g/mol. The van der Waals surface area contributed by atoms with E-state index in [2.05, 4.69) is 0 Å². The number of halogens is 2. The fraction of sp³-hybridized carbons (Fsp3) is 0.0769. The predicted octanol–water partition coefficient (Wildman–Crippen LogP) is 3.64. The number of benzene rings is 2. The number of nitro groups is 1. The van der Waals surface area contributed by atoms with E-state index < -0.39 is 10.7 Å². The van der Waals surface area contributed by atoms with Crippen molar-refractivity contribution in [3.05, 3.63) is 62.9 Å². The van der Waals surface area contributed by atoms with Crippen LogP contribution in [0, 0.1) is 15.9 Å². The van der Waals surface area contributed by atoms with Crippen molar-refractivity contribution in [2.45, 2.75) is 6.54 Å². The fourth-order valence-corrected chi connectivity index (χ4v) is 1.77. The van der Waals surface area contributed by atoms with E-state index in [1.165, 1.54) is 24.3 Å². The van der Waals surface area contributed by atoms with Crippen LogP contribution in [0.2, 0.25) is 5.02 Å². The monoisotopic (exact) mass is 296 g/mol. The van der Waals surface area contributed by atoms with Gasteiger partial charge in [-0.05, 0) is 23.8 Å². The van der Waals surface area contributed by atoms with Crippen molar-refractivity contribution in [2.24, 2.45) is 5.73 Å². The second-order valence-electron chi connectivity index (χ2n) is 3.94. The van der Waals surface area contributed by atoms with Gasteiger partial charge in [0.1, 0.15) is 5.75 Å². The number of nitrogens with zero attached hydrogens (tertiary/aromatic N) is 1. The molecule has 0 saturated carbocycles. The minimum atomic E-state index is -0.581. The first kappa shape index (κ1) is 14.2. The summed E-state index contributed by atoms with van der Waals surface area (Å²) < 4.78 is 19.0. The Labute approximate surface area is 118 Å². The zero-order chi connectivity index (χ0) is 14.7. The molecule has 0 radical (unpaired) electrons. The van der Waals surface area contributed by atoms with Crippen molar-refractivity contribution in [1.29, 1.82) is 0 Å². The molecule has 5 nitrogen and oxygen atoms in total. The van der Waals surface area contributed by atoms with Crippen LogP contribution in [0.4, 0.5) is 10.1 Å². The normalized spacial score (nSPS) is 10.3. The Morgan fingerprint density at radius 2 is 1.95 bits per heavy atom. The molecule has 2 aromatic rings. The molecule has 0 amide bonds. The van der Waals surface area contributed by atoms with Crippen LogP contribution >= 0.6 is 11.6 Å². The third kappa shape index (κ3) is 3.04. The lowest BCUT2D eigenvalue weighted by molar-refractivity contribution is -0.384. The van der Waals surface area contributed by atoms with Gasteiger partial charge in [0.05, 0.1) is 9.95 Å². The molecule has 0 bridgehead atoms. The number of nitrogens with two attached hydrogens (primary N) is 1. The number of nitro benzene ring substituents is 1. The highest BCUT2D eigenvalue weighted by molar-refractivity contribution is 6.32. The first-order chi connectivity index (χ1) is 9.51. The Balaban J connectivity index is 2.28. The second kappa shape index (κ2) is 5.85. The van der Waals surface area contributed by atoms with E-state index in [1.54, 1.807) is 6.07 Å². The van der Waals surface area contributed by atoms with Gasteiger partial charge in [-0.1, -0.05) is 17.7 Å². The van der Waals surface area contributed by atoms with Gasteiger partial charge in [-0.15, -0.1) is 0 Å². The molecule has 20 heavy (non-hydrogen) atoms. The van der Waals surface area contributed by atoms with E-state index in [9.17, 15) is 14.5 Å². The van der Waals surface area contributed by atoms with Gasteiger partial charge in [0.2, 0.25) is 0 Å². The van der Waals surface area contributed by atoms with E-state index in [0.717, 1.165) is 6.07 Å². The summed E-state index contributed by atoms with van der Waals surface area (Å²) in [5, 5.41) is 10.6. The molecule has 2 rings (SSSR count). The maximum atomic E-state index is 13.7. The maximum Gasteiger partial charge on any atom is 0.271 e. The SMILES string of the molecule is NCc1ccc(Oc2ccc([N+](=O)[O-])cc2Cl)c(F)c1. The number of ether oxygens (including phenoxy) is 1. The zero-order valence-electron chi connectivity index (χ0n) is 10.2. The number of hydrogen-bond acceptors (Lipinski definition) is 4. The topological polar surface area (TPSA) is 78.4 Å². The molecule has 0 heterocycles. The molecule has 2 N–H and O–H groups in total. The summed E-state index contributed by atoms with van der Waals surface area (Å²) in [5.41, 5.74) is 5.86. The first-order valence-corrected chi connectivity index (χ1v) is 5.99. The Morgan fingerprint density at radius 1 is 1.25 bits per heavy atom. The largest absolute Gasteiger partial charge is 0.453 e. The molecule has 0 aromatic heterocycles. The van der Waals surface area contributed by atoms with Crippen molar-refractivity contribution in [2.75, 3.05) is 0 Å². The van der Waals surface area contributed by atoms with Gasteiger partial charge in [0.25, 0.3) is 5.69 Å².